The van der Waals surface area contributed by atoms with Crippen LogP contribution in [0.1, 0.15) is 46.9 Å². The molecule has 0 bridgehead atoms. The van der Waals surface area contributed by atoms with Gasteiger partial charge in [0, 0.05) is 9.52 Å². The van der Waals surface area contributed by atoms with Crippen molar-refractivity contribution >= 4 is 15.1 Å². The summed E-state index contributed by atoms with van der Waals surface area (Å²) in [5.74, 6) is 0.725. The van der Waals surface area contributed by atoms with E-state index in [1.54, 1.807) is 0 Å². The molecule has 2 aromatic carbocycles. The molecule has 0 saturated heterocycles. The highest BCUT2D eigenvalue weighted by Gasteiger charge is 2.40. The third-order valence-electron chi connectivity index (χ3n) is 5.42. The molecule has 1 saturated carbocycles. The van der Waals surface area contributed by atoms with Gasteiger partial charge in [0.1, 0.15) is 0 Å². The molecule has 0 heterocycles. The molecule has 2 aliphatic carbocycles. The molecular formula is C20H18F2Si. The zero-order valence-electron chi connectivity index (χ0n) is 13.0. The number of rotatable bonds is 1. The van der Waals surface area contributed by atoms with E-state index in [1.807, 2.05) is 36.4 Å². The Labute approximate surface area is 138 Å². The van der Waals surface area contributed by atoms with Crippen molar-refractivity contribution in [3.05, 3.63) is 76.9 Å². The zero-order chi connectivity index (χ0) is 16.0. The van der Waals surface area contributed by atoms with Gasteiger partial charge in [-0.1, -0.05) is 55.1 Å². The third-order valence-corrected chi connectivity index (χ3v) is 6.71. The summed E-state index contributed by atoms with van der Waals surface area (Å²) in [5, 5.41) is 0. The normalized spacial score (nSPS) is 25.3. The van der Waals surface area contributed by atoms with Crippen LogP contribution in [0.3, 0.4) is 0 Å². The first-order valence-corrected chi connectivity index (χ1v) is 9.69. The molecule has 0 aromatic heterocycles. The number of halogens is 2. The van der Waals surface area contributed by atoms with Crippen LogP contribution in [0.2, 0.25) is 12.1 Å². The van der Waals surface area contributed by atoms with Gasteiger partial charge in [0.25, 0.3) is 6.08 Å². The Balaban J connectivity index is 2.02. The number of hydrogen-bond acceptors (Lipinski definition) is 0. The number of hydrogen-bond donors (Lipinski definition) is 0. The lowest BCUT2D eigenvalue weighted by atomic mass is 9.84. The number of fused-ring (bicyclic) bond motifs is 5. The maximum absolute atomic E-state index is 13.9. The van der Waals surface area contributed by atoms with E-state index in [4.69, 9.17) is 0 Å². The van der Waals surface area contributed by atoms with Gasteiger partial charge in [0.05, 0.1) is 5.57 Å². The van der Waals surface area contributed by atoms with E-state index in [2.05, 4.69) is 18.7 Å². The van der Waals surface area contributed by atoms with Crippen LogP contribution in [-0.2, 0) is 0 Å². The molecule has 2 atom stereocenters. The van der Waals surface area contributed by atoms with E-state index in [1.165, 1.54) is 0 Å². The molecule has 2 radical (unpaired) electrons. The van der Waals surface area contributed by atoms with Crippen molar-refractivity contribution in [3.8, 4) is 0 Å². The van der Waals surface area contributed by atoms with Gasteiger partial charge in [-0.2, -0.15) is 8.78 Å². The Kier molecular flexibility index (Phi) is 3.68. The summed E-state index contributed by atoms with van der Waals surface area (Å²) in [6, 6.07) is 15.6. The molecule has 116 valence electrons. The van der Waals surface area contributed by atoms with Crippen LogP contribution in [0.5, 0.6) is 0 Å². The zero-order valence-corrected chi connectivity index (χ0v) is 14.0. The maximum atomic E-state index is 13.9. The predicted molar refractivity (Wildman–Crippen MR) is 91.2 cm³/mol. The standard InChI is InChI=1S/C20H18F2Si/c1-23-12-10-17-13-6-2-4-8-15(13)19(20(21)22)16-9-5-3-7-14(16)18(17)11-12/h2-9,12,17-18H,10-11H2,1H3. The van der Waals surface area contributed by atoms with Crippen LogP contribution in [0.15, 0.2) is 54.6 Å². The second kappa shape index (κ2) is 5.71. The molecule has 3 heteroatoms. The van der Waals surface area contributed by atoms with Crippen LogP contribution < -0.4 is 0 Å². The average molecular weight is 324 g/mol. The maximum Gasteiger partial charge on any atom is 0.278 e. The summed E-state index contributed by atoms with van der Waals surface area (Å²) < 4.78 is 27.7. The Morgan fingerprint density at radius 1 is 0.870 bits per heavy atom. The first-order valence-electron chi connectivity index (χ1n) is 8.12. The van der Waals surface area contributed by atoms with Crippen molar-refractivity contribution in [2.24, 2.45) is 0 Å². The quantitative estimate of drug-likeness (QED) is 0.577. The van der Waals surface area contributed by atoms with Crippen LogP contribution in [0, 0.1) is 0 Å². The first-order chi connectivity index (χ1) is 11.2. The lowest BCUT2D eigenvalue weighted by molar-refractivity contribution is 0.426. The average Bonchev–Trinajstić information content (AvgIpc) is 2.95. The van der Waals surface area contributed by atoms with Crippen molar-refractivity contribution in [1.29, 1.82) is 0 Å². The Morgan fingerprint density at radius 2 is 1.35 bits per heavy atom. The highest BCUT2D eigenvalue weighted by molar-refractivity contribution is 6.35. The molecule has 0 amide bonds. The van der Waals surface area contributed by atoms with E-state index in [-0.39, 0.29) is 5.57 Å². The molecule has 0 aliphatic heterocycles. The van der Waals surface area contributed by atoms with Crippen molar-refractivity contribution in [1.82, 2.24) is 0 Å². The Morgan fingerprint density at radius 3 is 1.78 bits per heavy atom. The van der Waals surface area contributed by atoms with E-state index >= 15 is 0 Å². The SMILES string of the molecule is C[Si]C1CC2c3ccccc3C(=C(F)F)c3ccccc3C2C1. The van der Waals surface area contributed by atoms with E-state index in [9.17, 15) is 8.78 Å². The van der Waals surface area contributed by atoms with Crippen molar-refractivity contribution in [2.45, 2.75) is 36.8 Å². The van der Waals surface area contributed by atoms with Gasteiger partial charge in [-0.05, 0) is 52.5 Å². The van der Waals surface area contributed by atoms with Crippen LogP contribution in [0.4, 0.5) is 8.78 Å². The Hall–Kier alpha value is -1.74. The van der Waals surface area contributed by atoms with Crippen LogP contribution in [-0.4, -0.2) is 9.52 Å². The topological polar surface area (TPSA) is 0 Å². The van der Waals surface area contributed by atoms with Gasteiger partial charge >= 0.3 is 0 Å². The van der Waals surface area contributed by atoms with Crippen LogP contribution in [0.25, 0.3) is 5.57 Å². The minimum atomic E-state index is -1.57. The van der Waals surface area contributed by atoms with Gasteiger partial charge in [0.15, 0.2) is 0 Å². The van der Waals surface area contributed by atoms with Gasteiger partial charge in [0.2, 0.25) is 0 Å². The van der Waals surface area contributed by atoms with E-state index in [0.29, 0.717) is 17.4 Å². The molecule has 4 rings (SSSR count). The first kappa shape index (κ1) is 14.8. The largest absolute Gasteiger partial charge is 0.278 e. The molecule has 0 N–H and O–H groups in total. The van der Waals surface area contributed by atoms with E-state index < -0.39 is 6.08 Å². The van der Waals surface area contributed by atoms with Crippen molar-refractivity contribution in [2.75, 3.05) is 0 Å². The molecule has 1 fully saturated rings. The monoisotopic (exact) mass is 324 g/mol. The fourth-order valence-corrected chi connectivity index (χ4v) is 5.38. The Bertz CT molecular complexity index is 719. The predicted octanol–water partition coefficient (Wildman–Crippen LogP) is 5.86. The second-order valence-electron chi connectivity index (χ2n) is 6.48. The van der Waals surface area contributed by atoms with Gasteiger partial charge in [-0.25, -0.2) is 0 Å². The minimum absolute atomic E-state index is 0.140. The molecular weight excluding hydrogens is 306 g/mol. The van der Waals surface area contributed by atoms with Gasteiger partial charge < -0.3 is 0 Å². The summed E-state index contributed by atoms with van der Waals surface area (Å²) in [6.07, 6.45) is 0.664. The molecule has 2 aromatic rings. The van der Waals surface area contributed by atoms with Crippen LogP contribution >= 0.6 is 0 Å². The molecule has 2 aliphatic rings. The van der Waals surface area contributed by atoms with Gasteiger partial charge in [-0.3, -0.25) is 0 Å². The molecule has 23 heavy (non-hydrogen) atoms. The smallest absolute Gasteiger partial charge is 0.173 e. The minimum Gasteiger partial charge on any atom is -0.173 e. The summed E-state index contributed by atoms with van der Waals surface area (Å²) in [4.78, 5) is 0. The van der Waals surface area contributed by atoms with Crippen molar-refractivity contribution in [3.63, 3.8) is 0 Å². The van der Waals surface area contributed by atoms with Gasteiger partial charge in [-0.15, -0.1) is 0 Å². The lowest BCUT2D eigenvalue weighted by Crippen LogP contribution is -2.04. The summed E-state index contributed by atoms with van der Waals surface area (Å²) in [6.45, 7) is 2.26. The third kappa shape index (κ3) is 2.29. The summed E-state index contributed by atoms with van der Waals surface area (Å²) in [7, 11) is 0.918. The lowest BCUT2D eigenvalue weighted by Gasteiger charge is -2.19. The summed E-state index contributed by atoms with van der Waals surface area (Å²) >= 11 is 0. The molecule has 2 unspecified atom stereocenters. The van der Waals surface area contributed by atoms with E-state index in [0.717, 1.165) is 44.6 Å². The summed E-state index contributed by atoms with van der Waals surface area (Å²) in [5.41, 5.74) is 4.53. The highest BCUT2D eigenvalue weighted by atomic mass is 28.2. The fraction of sp³-hybridized carbons (Fsp3) is 0.300. The highest BCUT2D eigenvalue weighted by Crippen LogP contribution is 2.56. The second-order valence-corrected chi connectivity index (χ2v) is 7.87. The molecule has 0 nitrogen and oxygen atoms in total. The number of benzene rings is 2. The molecule has 0 spiro atoms. The van der Waals surface area contributed by atoms with Crippen molar-refractivity contribution < 1.29 is 8.78 Å². The fourth-order valence-electron chi connectivity index (χ4n) is 4.41.